The fourth-order valence-electron chi connectivity index (χ4n) is 10.8. The second-order valence-corrected chi connectivity index (χ2v) is 15.0. The highest BCUT2D eigenvalue weighted by molar-refractivity contribution is 5.85. The van der Waals surface area contributed by atoms with Crippen molar-refractivity contribution in [3.8, 4) is 0 Å². The molecule has 0 bridgehead atoms. The van der Waals surface area contributed by atoms with Crippen molar-refractivity contribution in [2.24, 2.45) is 34.5 Å². The molecule has 7 aliphatic rings. The van der Waals surface area contributed by atoms with Crippen LogP contribution in [0.4, 0.5) is 0 Å². The molecule has 0 radical (unpaired) electrons. The second-order valence-electron chi connectivity index (χ2n) is 15.0. The van der Waals surface area contributed by atoms with E-state index in [1.165, 1.54) is 6.42 Å². The topological polar surface area (TPSA) is 83.5 Å². The van der Waals surface area contributed by atoms with E-state index in [0.29, 0.717) is 24.4 Å². The fraction of sp³-hybridized carbons (Fsp3) is 0.906. The minimum atomic E-state index is -0.659. The van der Waals surface area contributed by atoms with E-state index in [0.717, 1.165) is 63.4 Å². The third kappa shape index (κ3) is 4.04. The van der Waals surface area contributed by atoms with Crippen molar-refractivity contribution in [1.82, 2.24) is 0 Å². The first-order valence-electron chi connectivity index (χ1n) is 15.7. The lowest BCUT2D eigenvalue weighted by molar-refractivity contribution is -0.257. The van der Waals surface area contributed by atoms with Crippen LogP contribution in [0, 0.1) is 34.5 Å². The van der Waals surface area contributed by atoms with Gasteiger partial charge in [-0.3, -0.25) is 0 Å². The Morgan fingerprint density at radius 1 is 0.949 bits per heavy atom. The summed E-state index contributed by atoms with van der Waals surface area (Å²) in [5.74, 6) is 0.965. The van der Waals surface area contributed by atoms with Gasteiger partial charge in [0, 0.05) is 17.9 Å². The lowest BCUT2D eigenvalue weighted by Crippen LogP contribution is -2.62. The van der Waals surface area contributed by atoms with E-state index in [2.05, 4.69) is 20.8 Å². The van der Waals surface area contributed by atoms with E-state index in [-0.39, 0.29) is 53.4 Å². The van der Waals surface area contributed by atoms with Crippen LogP contribution in [-0.2, 0) is 28.5 Å². The Hall–Kier alpha value is -0.990. The van der Waals surface area contributed by atoms with Gasteiger partial charge < -0.3 is 28.8 Å². The Bertz CT molecular complexity index is 1040. The molecule has 0 aromatic rings. The Kier molecular flexibility index (Phi) is 6.21. The highest BCUT2D eigenvalue weighted by atomic mass is 16.8. The summed E-state index contributed by atoms with van der Waals surface area (Å²) in [6.45, 7) is 11.3. The Labute approximate surface area is 233 Å². The molecular weight excluding hydrogens is 496 g/mol. The molecule has 0 aromatic carbocycles. The van der Waals surface area contributed by atoms with Crippen LogP contribution < -0.4 is 0 Å². The maximum absolute atomic E-state index is 12.5. The van der Waals surface area contributed by atoms with Crippen molar-refractivity contribution < 1.29 is 33.6 Å². The van der Waals surface area contributed by atoms with Gasteiger partial charge >= 0.3 is 5.97 Å². The monoisotopic (exact) mass is 544 g/mol. The summed E-state index contributed by atoms with van der Waals surface area (Å²) in [6.07, 6.45) is 11.9. The normalized spacial score (nSPS) is 54.3. The maximum Gasteiger partial charge on any atom is 0.331 e. The number of hydrogen-bond acceptors (Lipinski definition) is 7. The Morgan fingerprint density at radius 3 is 2.54 bits per heavy atom. The molecule has 4 saturated carbocycles. The standard InChI is InChI=1S/C32H48O7/c1-18-28-25(38-29(2,3)39-28)16-27(36-18)37-21-8-11-30(4)20(15-21)6-7-24-23(30)9-12-31(5)22(10-13-32(24,31)34)19-14-26(33)35-17-19/h14,18,20-25,27-28,34H,6-13,15-17H2,1-5H3. The SMILES string of the molecule is CC1OC(OC2CCC3(C)C(CCC4C3CCC3(C)C(C5=CC(=O)OC5)CCC43O)C2)CC2OC(C)(C)OC12. The van der Waals surface area contributed by atoms with Crippen LogP contribution in [0.25, 0.3) is 0 Å². The Morgan fingerprint density at radius 2 is 1.77 bits per heavy atom. The number of fused-ring (bicyclic) bond motifs is 6. The van der Waals surface area contributed by atoms with Gasteiger partial charge in [0.25, 0.3) is 0 Å². The van der Waals surface area contributed by atoms with Crippen molar-refractivity contribution in [1.29, 1.82) is 0 Å². The molecule has 12 unspecified atom stereocenters. The predicted molar refractivity (Wildman–Crippen MR) is 143 cm³/mol. The third-order valence-corrected chi connectivity index (χ3v) is 12.8. The molecule has 1 N–H and O–H groups in total. The van der Waals surface area contributed by atoms with Crippen LogP contribution in [0.3, 0.4) is 0 Å². The first-order chi connectivity index (χ1) is 18.4. The zero-order valence-electron chi connectivity index (χ0n) is 24.4. The maximum atomic E-state index is 12.5. The van der Waals surface area contributed by atoms with Gasteiger partial charge in [-0.1, -0.05) is 13.8 Å². The van der Waals surface area contributed by atoms with Gasteiger partial charge in [0.15, 0.2) is 12.1 Å². The first-order valence-corrected chi connectivity index (χ1v) is 15.7. The van der Waals surface area contributed by atoms with Crippen molar-refractivity contribution in [3.05, 3.63) is 11.6 Å². The van der Waals surface area contributed by atoms with Gasteiger partial charge in [0.2, 0.25) is 0 Å². The molecule has 0 spiro atoms. The number of carbonyl (C=O) groups is 1. The molecule has 6 fully saturated rings. The summed E-state index contributed by atoms with van der Waals surface area (Å²) in [5.41, 5.74) is 0.513. The minimum absolute atomic E-state index is 0.0234. The summed E-state index contributed by atoms with van der Waals surface area (Å²) >= 11 is 0. The van der Waals surface area contributed by atoms with E-state index >= 15 is 0 Å². The van der Waals surface area contributed by atoms with Gasteiger partial charge in [0.1, 0.15) is 12.7 Å². The zero-order chi connectivity index (χ0) is 27.4. The highest BCUT2D eigenvalue weighted by Crippen LogP contribution is 2.70. The number of aliphatic hydroxyl groups is 1. The zero-order valence-corrected chi connectivity index (χ0v) is 24.4. The number of carbonyl (C=O) groups excluding carboxylic acids is 1. The molecule has 218 valence electrons. The van der Waals surface area contributed by atoms with Gasteiger partial charge in [-0.2, -0.15) is 0 Å². The van der Waals surface area contributed by atoms with E-state index in [1.54, 1.807) is 6.08 Å². The van der Waals surface area contributed by atoms with Crippen molar-refractivity contribution in [2.45, 2.75) is 141 Å². The molecule has 39 heavy (non-hydrogen) atoms. The number of ether oxygens (including phenoxy) is 5. The summed E-state index contributed by atoms with van der Waals surface area (Å²) in [5, 5.41) is 12.5. The van der Waals surface area contributed by atoms with Gasteiger partial charge in [-0.25, -0.2) is 4.79 Å². The van der Waals surface area contributed by atoms with Gasteiger partial charge in [-0.15, -0.1) is 0 Å². The average molecular weight is 545 g/mol. The highest BCUT2D eigenvalue weighted by Gasteiger charge is 2.67. The van der Waals surface area contributed by atoms with Crippen molar-refractivity contribution in [2.75, 3.05) is 6.61 Å². The van der Waals surface area contributed by atoms with Gasteiger partial charge in [-0.05, 0) is 113 Å². The lowest BCUT2D eigenvalue weighted by Gasteiger charge is -2.63. The molecule has 12 atom stereocenters. The summed E-state index contributed by atoms with van der Waals surface area (Å²) in [7, 11) is 0. The molecule has 7 nitrogen and oxygen atoms in total. The predicted octanol–water partition coefficient (Wildman–Crippen LogP) is 5.28. The van der Waals surface area contributed by atoms with E-state index in [4.69, 9.17) is 23.7 Å². The first kappa shape index (κ1) is 26.9. The van der Waals surface area contributed by atoms with E-state index in [1.807, 2.05) is 13.8 Å². The van der Waals surface area contributed by atoms with E-state index in [9.17, 15) is 9.90 Å². The summed E-state index contributed by atoms with van der Waals surface area (Å²) in [6, 6.07) is 0. The Balaban J connectivity index is 1.03. The molecule has 3 aliphatic heterocycles. The van der Waals surface area contributed by atoms with Crippen LogP contribution in [0.15, 0.2) is 11.6 Å². The molecule has 7 heteroatoms. The lowest BCUT2D eigenvalue weighted by atomic mass is 9.43. The second kappa shape index (κ2) is 9.00. The number of rotatable bonds is 3. The third-order valence-electron chi connectivity index (χ3n) is 12.8. The molecular formula is C32H48O7. The van der Waals surface area contributed by atoms with Crippen LogP contribution >= 0.6 is 0 Å². The van der Waals surface area contributed by atoms with Crippen molar-refractivity contribution in [3.63, 3.8) is 0 Å². The number of hydrogen-bond donors (Lipinski definition) is 1. The molecule has 0 amide bonds. The number of cyclic esters (lactones) is 1. The van der Waals surface area contributed by atoms with Crippen LogP contribution in [-0.4, -0.2) is 59.8 Å². The molecule has 7 rings (SSSR count). The van der Waals surface area contributed by atoms with Crippen LogP contribution in [0.1, 0.15) is 98.8 Å². The molecule has 2 saturated heterocycles. The van der Waals surface area contributed by atoms with Gasteiger partial charge in [0.05, 0.1) is 23.9 Å². The molecule has 3 heterocycles. The molecule has 4 aliphatic carbocycles. The smallest absolute Gasteiger partial charge is 0.331 e. The quantitative estimate of drug-likeness (QED) is 0.382. The fourth-order valence-corrected chi connectivity index (χ4v) is 10.8. The largest absolute Gasteiger partial charge is 0.458 e. The van der Waals surface area contributed by atoms with Crippen molar-refractivity contribution >= 4 is 5.97 Å². The minimum Gasteiger partial charge on any atom is -0.458 e. The molecule has 0 aromatic heterocycles. The summed E-state index contributed by atoms with van der Waals surface area (Å²) in [4.78, 5) is 11.8. The van der Waals surface area contributed by atoms with E-state index < -0.39 is 11.4 Å². The number of esters is 1. The van der Waals surface area contributed by atoms with Crippen LogP contribution in [0.2, 0.25) is 0 Å². The van der Waals surface area contributed by atoms with Crippen LogP contribution in [0.5, 0.6) is 0 Å². The average Bonchev–Trinajstić information content (AvgIpc) is 3.51. The summed E-state index contributed by atoms with van der Waals surface area (Å²) < 4.78 is 30.4.